The summed E-state index contributed by atoms with van der Waals surface area (Å²) in [5.41, 5.74) is 8.07. The lowest BCUT2D eigenvalue weighted by molar-refractivity contribution is -0.136. The van der Waals surface area contributed by atoms with Gasteiger partial charge in [-0.1, -0.05) is 41.4 Å². The highest BCUT2D eigenvalue weighted by Gasteiger charge is 2.20. The van der Waals surface area contributed by atoms with Crippen molar-refractivity contribution in [2.45, 2.75) is 19.4 Å². The first-order valence-corrected chi connectivity index (χ1v) is 11.5. The molecule has 3 aromatic rings. The van der Waals surface area contributed by atoms with Gasteiger partial charge in [0, 0.05) is 27.7 Å². The summed E-state index contributed by atoms with van der Waals surface area (Å²) in [6.07, 6.45) is 3.14. The van der Waals surface area contributed by atoms with Crippen molar-refractivity contribution in [1.82, 2.24) is 3.97 Å². The monoisotopic (exact) mass is 466 g/mol. The zero-order valence-corrected chi connectivity index (χ0v) is 18.2. The topological polar surface area (TPSA) is 102 Å². The Bertz CT molecular complexity index is 1230. The van der Waals surface area contributed by atoms with Gasteiger partial charge in [0.15, 0.2) is 0 Å². The first-order chi connectivity index (χ1) is 14.2. The van der Waals surface area contributed by atoms with Gasteiger partial charge in [-0.2, -0.15) is 0 Å². The Morgan fingerprint density at radius 3 is 2.60 bits per heavy atom. The van der Waals surface area contributed by atoms with E-state index in [2.05, 4.69) is 0 Å². The molecule has 6 nitrogen and oxygen atoms in total. The second-order valence-corrected chi connectivity index (χ2v) is 9.44. The Balaban J connectivity index is 1.94. The van der Waals surface area contributed by atoms with Crippen LogP contribution in [0.2, 0.25) is 10.0 Å². The number of halogens is 2. The van der Waals surface area contributed by atoms with Crippen molar-refractivity contribution in [3.05, 3.63) is 75.4 Å². The Hall–Kier alpha value is -2.32. The van der Waals surface area contributed by atoms with Crippen LogP contribution < -0.4 is 5.73 Å². The van der Waals surface area contributed by atoms with Crippen LogP contribution in [0.1, 0.15) is 23.2 Å². The lowest BCUT2D eigenvalue weighted by Crippen LogP contribution is -2.18. The number of aryl methyl sites for hydroxylation is 1. The predicted molar refractivity (Wildman–Crippen MR) is 120 cm³/mol. The fourth-order valence-electron chi connectivity index (χ4n) is 3.19. The van der Waals surface area contributed by atoms with Crippen LogP contribution in [0.25, 0.3) is 17.0 Å². The van der Waals surface area contributed by atoms with E-state index in [1.807, 2.05) is 0 Å². The van der Waals surface area contributed by atoms with Crippen molar-refractivity contribution in [3.63, 3.8) is 0 Å². The molecule has 3 rings (SSSR count). The highest BCUT2D eigenvalue weighted by atomic mass is 35.5. The number of rotatable bonds is 8. The molecule has 0 aliphatic rings. The maximum atomic E-state index is 13.1. The molecule has 158 valence electrons. The van der Waals surface area contributed by atoms with E-state index in [-0.39, 0.29) is 25.1 Å². The van der Waals surface area contributed by atoms with Gasteiger partial charge in [-0.05, 0) is 53.9 Å². The number of nitrogens with two attached hydrogens (primary N) is 1. The number of fused-ring (bicyclic) bond motifs is 1. The number of benzene rings is 2. The van der Waals surface area contributed by atoms with Crippen LogP contribution in [-0.2, 0) is 27.8 Å². The van der Waals surface area contributed by atoms with Crippen LogP contribution in [0.3, 0.4) is 0 Å². The lowest BCUT2D eigenvalue weighted by atomic mass is 10.1. The first-order valence-electron chi connectivity index (χ1n) is 9.11. The summed E-state index contributed by atoms with van der Waals surface area (Å²) < 4.78 is 27.4. The maximum absolute atomic E-state index is 13.1. The Kier molecular flexibility index (Phi) is 6.88. The average Bonchev–Trinajstić information content (AvgIpc) is 3.05. The summed E-state index contributed by atoms with van der Waals surface area (Å²) in [5.74, 6) is -1.26. The van der Waals surface area contributed by atoms with Gasteiger partial charge in [0.1, 0.15) is 0 Å². The number of aromatic nitrogens is 1. The van der Waals surface area contributed by atoms with E-state index in [0.29, 0.717) is 26.6 Å². The average molecular weight is 467 g/mol. The number of carboxylic acids is 1. The summed E-state index contributed by atoms with van der Waals surface area (Å²) in [4.78, 5) is 11.0. The molecule has 0 aliphatic heterocycles. The first kappa shape index (κ1) is 22.4. The zero-order chi connectivity index (χ0) is 21.9. The van der Waals surface area contributed by atoms with Crippen molar-refractivity contribution in [2.75, 3.05) is 5.75 Å². The number of nitrogens with zero attached hydrogens (tertiary/aromatic N) is 1. The zero-order valence-electron chi connectivity index (χ0n) is 15.9. The Morgan fingerprint density at radius 1 is 1.13 bits per heavy atom. The van der Waals surface area contributed by atoms with Gasteiger partial charge in [-0.15, -0.1) is 0 Å². The van der Waals surface area contributed by atoms with Crippen molar-refractivity contribution in [1.29, 1.82) is 0 Å². The minimum atomic E-state index is -3.79. The third kappa shape index (κ3) is 5.05. The lowest BCUT2D eigenvalue weighted by Gasteiger charge is -2.10. The van der Waals surface area contributed by atoms with Crippen molar-refractivity contribution in [3.8, 4) is 0 Å². The molecule has 0 spiro atoms. The smallest absolute Gasteiger partial charge is 0.303 e. The minimum Gasteiger partial charge on any atom is -0.481 e. The van der Waals surface area contributed by atoms with Crippen molar-refractivity contribution >= 4 is 56.2 Å². The molecule has 0 aliphatic carbocycles. The van der Waals surface area contributed by atoms with Crippen LogP contribution in [0.5, 0.6) is 0 Å². The largest absolute Gasteiger partial charge is 0.481 e. The summed E-state index contributed by atoms with van der Waals surface area (Å²) in [5, 5.41) is 10.7. The molecule has 30 heavy (non-hydrogen) atoms. The summed E-state index contributed by atoms with van der Waals surface area (Å²) in [6, 6.07) is 11.8. The van der Waals surface area contributed by atoms with E-state index < -0.39 is 16.0 Å². The fourth-order valence-corrected chi connectivity index (χ4v) is 5.02. The van der Waals surface area contributed by atoms with E-state index in [4.69, 9.17) is 34.0 Å². The van der Waals surface area contributed by atoms with Gasteiger partial charge in [0.25, 0.3) is 0 Å². The third-order valence-corrected chi connectivity index (χ3v) is 6.78. The summed E-state index contributed by atoms with van der Waals surface area (Å²) in [7, 11) is -3.79. The van der Waals surface area contributed by atoms with E-state index in [9.17, 15) is 13.2 Å². The highest BCUT2D eigenvalue weighted by Crippen LogP contribution is 2.26. The van der Waals surface area contributed by atoms with Crippen LogP contribution in [0.4, 0.5) is 0 Å². The van der Waals surface area contributed by atoms with Gasteiger partial charge in [-0.3, -0.25) is 4.79 Å². The standard InChI is InChI=1S/C21H20Cl2N2O4S/c22-17-4-7-20-15(11-17)12-18(5-8-21(26)27)25(20)30(28,29)9-1-2-14-3-6-19(23)16(10-14)13-24/h1-4,6-7,10-12H,5,8-9,13,24H2,(H,26,27). The molecule has 3 N–H and O–H groups in total. The van der Waals surface area contributed by atoms with Crippen molar-refractivity contribution in [2.24, 2.45) is 5.73 Å². The van der Waals surface area contributed by atoms with E-state index >= 15 is 0 Å². The normalized spacial score (nSPS) is 12.1. The number of aliphatic carboxylic acids is 1. The van der Waals surface area contributed by atoms with Gasteiger partial charge in [-0.25, -0.2) is 12.4 Å². The number of hydrogen-bond acceptors (Lipinski definition) is 4. The molecule has 2 aromatic carbocycles. The Morgan fingerprint density at radius 2 is 1.90 bits per heavy atom. The molecule has 0 unspecified atom stereocenters. The molecule has 0 radical (unpaired) electrons. The van der Waals surface area contributed by atoms with Crippen LogP contribution in [0, 0.1) is 0 Å². The molecule has 0 fully saturated rings. The fraction of sp³-hybridized carbons (Fsp3) is 0.190. The highest BCUT2D eigenvalue weighted by molar-refractivity contribution is 7.90. The Labute approximate surface area is 184 Å². The van der Waals surface area contributed by atoms with Crippen LogP contribution >= 0.6 is 23.2 Å². The van der Waals surface area contributed by atoms with Gasteiger partial charge in [0.2, 0.25) is 10.0 Å². The molecule has 9 heteroatoms. The predicted octanol–water partition coefficient (Wildman–Crippen LogP) is 4.32. The second-order valence-electron chi connectivity index (χ2n) is 6.73. The van der Waals surface area contributed by atoms with E-state index in [1.165, 1.54) is 3.97 Å². The number of carbonyl (C=O) groups is 1. The molecule has 0 saturated heterocycles. The number of hydrogen-bond donors (Lipinski definition) is 2. The minimum absolute atomic E-state index is 0.0849. The van der Waals surface area contributed by atoms with Gasteiger partial charge >= 0.3 is 5.97 Å². The molecule has 0 bridgehead atoms. The molecule has 0 atom stereocenters. The molecule has 1 heterocycles. The van der Waals surface area contributed by atoms with Crippen LogP contribution in [-0.4, -0.2) is 29.2 Å². The quantitative estimate of drug-likeness (QED) is 0.514. The van der Waals surface area contributed by atoms with Gasteiger partial charge in [0.05, 0.1) is 17.7 Å². The molecular formula is C21H20Cl2N2O4S. The van der Waals surface area contributed by atoms with E-state index in [0.717, 1.165) is 11.1 Å². The molecule has 0 amide bonds. The molecule has 0 saturated carbocycles. The summed E-state index contributed by atoms with van der Waals surface area (Å²) in [6.45, 7) is 0.281. The SMILES string of the molecule is NCc1cc(C=CCS(=O)(=O)n2c(CCC(=O)O)cc3cc(Cl)ccc32)ccc1Cl. The van der Waals surface area contributed by atoms with E-state index in [1.54, 1.807) is 54.6 Å². The van der Waals surface area contributed by atoms with Crippen LogP contribution in [0.15, 0.2) is 48.5 Å². The molecule has 1 aromatic heterocycles. The summed E-state index contributed by atoms with van der Waals surface area (Å²) >= 11 is 12.1. The number of carboxylic acid groups (broad SMARTS) is 1. The molecular weight excluding hydrogens is 447 g/mol. The maximum Gasteiger partial charge on any atom is 0.303 e. The third-order valence-electron chi connectivity index (χ3n) is 4.57. The van der Waals surface area contributed by atoms with Gasteiger partial charge < -0.3 is 10.8 Å². The van der Waals surface area contributed by atoms with Crippen molar-refractivity contribution < 1.29 is 18.3 Å². The second kappa shape index (κ2) is 9.22.